The minimum absolute atomic E-state index is 0.0334. The first-order valence-corrected chi connectivity index (χ1v) is 9.56. The molecule has 1 amide bonds. The molecule has 1 aliphatic heterocycles. The van der Waals surface area contributed by atoms with E-state index in [1.165, 1.54) is 11.3 Å². The Labute approximate surface area is 128 Å². The minimum Gasteiger partial charge on any atom is -0.377 e. The van der Waals surface area contributed by atoms with Gasteiger partial charge in [-0.3, -0.25) is 4.79 Å². The van der Waals surface area contributed by atoms with Crippen molar-refractivity contribution in [3.63, 3.8) is 0 Å². The Hall–Kier alpha value is -0.960. The van der Waals surface area contributed by atoms with Gasteiger partial charge in [-0.2, -0.15) is 11.3 Å². The van der Waals surface area contributed by atoms with Crippen LogP contribution >= 0.6 is 11.3 Å². The van der Waals surface area contributed by atoms with Crippen LogP contribution in [0, 0.1) is 0 Å². The van der Waals surface area contributed by atoms with E-state index >= 15 is 0 Å². The second-order valence-electron chi connectivity index (χ2n) is 4.92. The van der Waals surface area contributed by atoms with Crippen LogP contribution in [0.25, 0.3) is 0 Å². The Morgan fingerprint density at radius 1 is 1.43 bits per heavy atom. The molecule has 0 aromatic carbocycles. The minimum atomic E-state index is -3.39. The summed E-state index contributed by atoms with van der Waals surface area (Å²) < 4.78 is 31.7. The highest BCUT2D eigenvalue weighted by Gasteiger charge is 2.17. The molecule has 0 aliphatic carbocycles. The van der Waals surface area contributed by atoms with E-state index in [1.54, 1.807) is 16.8 Å². The standard InChI is InChI=1S/C13H20N2O4S2/c16-13(11-4-7-20-10-11)14-5-8-21(17,18)15-9-12-3-1-2-6-19-12/h4,7,10,12,15H,1-3,5-6,8-9H2,(H,14,16). The summed E-state index contributed by atoms with van der Waals surface area (Å²) in [6.45, 7) is 1.10. The van der Waals surface area contributed by atoms with E-state index in [4.69, 9.17) is 4.74 Å². The molecule has 1 fully saturated rings. The maximum atomic E-state index is 11.8. The van der Waals surface area contributed by atoms with E-state index in [-0.39, 0.29) is 24.3 Å². The van der Waals surface area contributed by atoms with Gasteiger partial charge in [-0.15, -0.1) is 0 Å². The van der Waals surface area contributed by atoms with Gasteiger partial charge in [0.1, 0.15) is 0 Å². The Balaban J connectivity index is 1.67. The molecule has 0 radical (unpaired) electrons. The molecule has 0 spiro atoms. The number of hydrogen-bond acceptors (Lipinski definition) is 5. The zero-order chi connectivity index (χ0) is 15.1. The number of hydrogen-bond donors (Lipinski definition) is 2. The van der Waals surface area contributed by atoms with E-state index in [9.17, 15) is 13.2 Å². The summed E-state index contributed by atoms with van der Waals surface area (Å²) in [5.74, 6) is -0.377. The van der Waals surface area contributed by atoms with Crippen LogP contribution in [0.4, 0.5) is 0 Å². The predicted octanol–water partition coefficient (Wildman–Crippen LogP) is 0.966. The molecule has 1 aromatic heterocycles. The van der Waals surface area contributed by atoms with Crippen molar-refractivity contribution >= 4 is 27.3 Å². The first-order chi connectivity index (χ1) is 10.1. The Morgan fingerprint density at radius 3 is 2.95 bits per heavy atom. The number of nitrogens with one attached hydrogen (secondary N) is 2. The maximum absolute atomic E-state index is 11.8. The Bertz CT molecular complexity index is 537. The lowest BCUT2D eigenvalue weighted by Gasteiger charge is -2.22. The van der Waals surface area contributed by atoms with Crippen molar-refractivity contribution in [3.05, 3.63) is 22.4 Å². The molecule has 0 saturated carbocycles. The van der Waals surface area contributed by atoms with Crippen molar-refractivity contribution in [2.24, 2.45) is 0 Å². The second-order valence-corrected chi connectivity index (χ2v) is 7.63. The summed E-state index contributed by atoms with van der Waals surface area (Å²) in [7, 11) is -3.39. The van der Waals surface area contributed by atoms with Crippen LogP contribution in [0.15, 0.2) is 16.8 Å². The molecule has 21 heavy (non-hydrogen) atoms. The molecule has 2 N–H and O–H groups in total. The highest BCUT2D eigenvalue weighted by Crippen LogP contribution is 2.11. The molecule has 6 nitrogen and oxygen atoms in total. The summed E-state index contributed by atoms with van der Waals surface area (Å²) in [5.41, 5.74) is 0.556. The number of carbonyl (C=O) groups excluding carboxylic acids is 1. The van der Waals surface area contributed by atoms with Gasteiger partial charge in [0.05, 0.1) is 11.9 Å². The Kier molecular flexibility index (Phi) is 6.16. The molecule has 1 aliphatic rings. The molecular formula is C13H20N2O4S2. The summed E-state index contributed by atoms with van der Waals surface area (Å²) in [5, 5.41) is 6.12. The van der Waals surface area contributed by atoms with E-state index in [0.717, 1.165) is 19.3 Å². The number of rotatable bonds is 7. The summed E-state index contributed by atoms with van der Waals surface area (Å²) >= 11 is 1.43. The highest BCUT2D eigenvalue weighted by molar-refractivity contribution is 7.89. The van der Waals surface area contributed by atoms with Crippen molar-refractivity contribution in [3.8, 4) is 0 Å². The largest absolute Gasteiger partial charge is 0.377 e. The van der Waals surface area contributed by atoms with Gasteiger partial charge in [0, 0.05) is 30.6 Å². The van der Waals surface area contributed by atoms with Crippen LogP contribution in [-0.2, 0) is 14.8 Å². The predicted molar refractivity (Wildman–Crippen MR) is 82.0 cm³/mol. The monoisotopic (exact) mass is 332 g/mol. The van der Waals surface area contributed by atoms with Gasteiger partial charge in [-0.1, -0.05) is 0 Å². The van der Waals surface area contributed by atoms with Gasteiger partial charge in [-0.25, -0.2) is 13.1 Å². The summed E-state index contributed by atoms with van der Waals surface area (Å²) in [6, 6.07) is 1.70. The fraction of sp³-hybridized carbons (Fsp3) is 0.615. The van der Waals surface area contributed by atoms with E-state index in [1.807, 2.05) is 0 Å². The SMILES string of the molecule is O=C(NCCS(=O)(=O)NCC1CCCCO1)c1ccsc1. The van der Waals surface area contributed by atoms with Gasteiger partial charge in [0.25, 0.3) is 5.91 Å². The fourth-order valence-electron chi connectivity index (χ4n) is 2.06. The van der Waals surface area contributed by atoms with Crippen molar-refractivity contribution in [2.45, 2.75) is 25.4 Å². The topological polar surface area (TPSA) is 84.5 Å². The zero-order valence-electron chi connectivity index (χ0n) is 11.7. The van der Waals surface area contributed by atoms with Crippen molar-refractivity contribution in [1.82, 2.24) is 10.0 Å². The second kappa shape index (κ2) is 7.88. The lowest BCUT2D eigenvalue weighted by atomic mass is 10.1. The number of ether oxygens (including phenoxy) is 1. The maximum Gasteiger partial charge on any atom is 0.252 e. The van der Waals surface area contributed by atoms with Crippen LogP contribution in [0.3, 0.4) is 0 Å². The van der Waals surface area contributed by atoms with E-state index in [2.05, 4.69) is 10.0 Å². The van der Waals surface area contributed by atoms with Gasteiger partial charge >= 0.3 is 0 Å². The van der Waals surface area contributed by atoms with Gasteiger partial charge in [0.15, 0.2) is 0 Å². The normalized spacial score (nSPS) is 19.3. The average molecular weight is 332 g/mol. The number of thiophene rings is 1. The molecule has 1 atom stereocenters. The van der Waals surface area contributed by atoms with Gasteiger partial charge in [0.2, 0.25) is 10.0 Å². The first kappa shape index (κ1) is 16.4. The van der Waals surface area contributed by atoms with Crippen molar-refractivity contribution in [1.29, 1.82) is 0 Å². The molecule has 1 unspecified atom stereocenters. The number of amides is 1. The highest BCUT2D eigenvalue weighted by atomic mass is 32.2. The molecule has 0 bridgehead atoms. The van der Waals surface area contributed by atoms with Crippen LogP contribution in [-0.4, -0.2) is 45.9 Å². The van der Waals surface area contributed by atoms with E-state index < -0.39 is 10.0 Å². The van der Waals surface area contributed by atoms with Crippen LogP contribution in [0.2, 0.25) is 0 Å². The van der Waals surface area contributed by atoms with Gasteiger partial charge < -0.3 is 10.1 Å². The number of carbonyl (C=O) groups is 1. The number of sulfonamides is 1. The first-order valence-electron chi connectivity index (χ1n) is 6.96. The summed E-state index contributed by atoms with van der Waals surface area (Å²) in [4.78, 5) is 11.7. The fourth-order valence-corrected chi connectivity index (χ4v) is 3.65. The van der Waals surface area contributed by atoms with Crippen LogP contribution in [0.1, 0.15) is 29.6 Å². The zero-order valence-corrected chi connectivity index (χ0v) is 13.3. The lowest BCUT2D eigenvalue weighted by Crippen LogP contribution is -2.39. The molecular weight excluding hydrogens is 312 g/mol. The average Bonchev–Trinajstić information content (AvgIpc) is 3.00. The summed E-state index contributed by atoms with van der Waals surface area (Å²) in [6.07, 6.45) is 2.96. The third-order valence-corrected chi connectivity index (χ3v) is 5.28. The molecule has 1 saturated heterocycles. The van der Waals surface area contributed by atoms with Crippen molar-refractivity contribution in [2.75, 3.05) is 25.4 Å². The van der Waals surface area contributed by atoms with Gasteiger partial charge in [-0.05, 0) is 30.7 Å². The smallest absolute Gasteiger partial charge is 0.252 e. The van der Waals surface area contributed by atoms with Crippen LogP contribution < -0.4 is 10.0 Å². The Morgan fingerprint density at radius 2 is 2.29 bits per heavy atom. The molecule has 2 heterocycles. The molecule has 1 aromatic rings. The van der Waals surface area contributed by atoms with Crippen molar-refractivity contribution < 1.29 is 17.9 Å². The molecule has 8 heteroatoms. The quantitative estimate of drug-likeness (QED) is 0.779. The van der Waals surface area contributed by atoms with Crippen LogP contribution in [0.5, 0.6) is 0 Å². The third-order valence-electron chi connectivity index (χ3n) is 3.24. The molecule has 2 rings (SSSR count). The lowest BCUT2D eigenvalue weighted by molar-refractivity contribution is 0.0200. The third kappa shape index (κ3) is 5.74. The molecule has 118 valence electrons. The van der Waals surface area contributed by atoms with E-state index in [0.29, 0.717) is 18.7 Å².